The highest BCUT2D eigenvalue weighted by Gasteiger charge is 2.10. The summed E-state index contributed by atoms with van der Waals surface area (Å²) in [6.45, 7) is 3.71. The van der Waals surface area contributed by atoms with Gasteiger partial charge in [0.2, 0.25) is 5.95 Å². The van der Waals surface area contributed by atoms with Gasteiger partial charge in [0.25, 0.3) is 0 Å². The molecule has 0 fully saturated rings. The van der Waals surface area contributed by atoms with Crippen LogP contribution in [0.3, 0.4) is 0 Å². The standard InChI is InChI=1S/C21H19FN6/c1-14-10-17(11-16-6-4-3-5-7-16)26-21(25-14)27-20-9-8-18(12-19(20)22)28-15(2)23-13-24-28/h3-10,12-13H,11H2,1-2H3,(H,25,26,27). The summed E-state index contributed by atoms with van der Waals surface area (Å²) in [6.07, 6.45) is 2.13. The van der Waals surface area contributed by atoms with Crippen molar-refractivity contribution in [3.8, 4) is 5.69 Å². The van der Waals surface area contributed by atoms with Crippen LogP contribution in [0.25, 0.3) is 5.69 Å². The second-order valence-corrected chi connectivity index (χ2v) is 6.49. The van der Waals surface area contributed by atoms with Crippen molar-refractivity contribution in [3.63, 3.8) is 0 Å². The van der Waals surface area contributed by atoms with Crippen LogP contribution in [0, 0.1) is 19.7 Å². The maximum atomic E-state index is 14.6. The topological polar surface area (TPSA) is 68.5 Å². The Bertz CT molecular complexity index is 1110. The number of nitrogens with zero attached hydrogens (tertiary/aromatic N) is 5. The number of halogens is 1. The Kier molecular flexibility index (Phi) is 4.80. The summed E-state index contributed by atoms with van der Waals surface area (Å²) in [5.41, 5.74) is 3.76. The predicted octanol–water partition coefficient (Wildman–Crippen LogP) is 4.15. The van der Waals surface area contributed by atoms with Crippen LogP contribution in [0.2, 0.25) is 0 Å². The van der Waals surface area contributed by atoms with Crippen molar-refractivity contribution in [2.75, 3.05) is 5.32 Å². The summed E-state index contributed by atoms with van der Waals surface area (Å²) in [7, 11) is 0. The summed E-state index contributed by atoms with van der Waals surface area (Å²) in [5.74, 6) is 0.643. The zero-order chi connectivity index (χ0) is 19.5. The zero-order valence-electron chi connectivity index (χ0n) is 15.6. The Morgan fingerprint density at radius 2 is 1.82 bits per heavy atom. The van der Waals surface area contributed by atoms with Crippen LogP contribution in [0.5, 0.6) is 0 Å². The zero-order valence-corrected chi connectivity index (χ0v) is 15.6. The summed E-state index contributed by atoms with van der Waals surface area (Å²) >= 11 is 0. The van der Waals surface area contributed by atoms with Gasteiger partial charge in [0.05, 0.1) is 17.1 Å². The third-order valence-electron chi connectivity index (χ3n) is 4.30. The van der Waals surface area contributed by atoms with Gasteiger partial charge in [0, 0.05) is 18.2 Å². The molecule has 0 aliphatic rings. The molecule has 0 unspecified atom stereocenters. The van der Waals surface area contributed by atoms with Gasteiger partial charge in [-0.1, -0.05) is 30.3 Å². The number of hydrogen-bond acceptors (Lipinski definition) is 5. The first-order chi connectivity index (χ1) is 13.6. The Morgan fingerprint density at radius 1 is 1.00 bits per heavy atom. The highest BCUT2D eigenvalue weighted by atomic mass is 19.1. The van der Waals surface area contributed by atoms with Gasteiger partial charge in [-0.15, -0.1) is 0 Å². The Morgan fingerprint density at radius 3 is 2.54 bits per heavy atom. The molecule has 0 aliphatic heterocycles. The fraction of sp³-hybridized carbons (Fsp3) is 0.143. The summed E-state index contributed by atoms with van der Waals surface area (Å²) < 4.78 is 16.2. The van der Waals surface area contributed by atoms with Crippen molar-refractivity contribution in [3.05, 3.63) is 89.5 Å². The quantitative estimate of drug-likeness (QED) is 0.568. The van der Waals surface area contributed by atoms with Crippen molar-refractivity contribution in [1.29, 1.82) is 0 Å². The van der Waals surface area contributed by atoms with Gasteiger partial charge < -0.3 is 5.32 Å². The first-order valence-electron chi connectivity index (χ1n) is 8.90. The molecule has 7 heteroatoms. The van der Waals surface area contributed by atoms with Crippen molar-refractivity contribution in [2.24, 2.45) is 0 Å². The SMILES string of the molecule is Cc1cc(Cc2ccccc2)nc(Nc2ccc(-n3ncnc3C)cc2F)n1. The number of aryl methyl sites for hydroxylation is 2. The smallest absolute Gasteiger partial charge is 0.227 e. The van der Waals surface area contributed by atoms with Crippen LogP contribution in [0.15, 0.2) is 60.9 Å². The van der Waals surface area contributed by atoms with E-state index in [1.54, 1.807) is 16.8 Å². The van der Waals surface area contributed by atoms with Gasteiger partial charge in [-0.3, -0.25) is 0 Å². The molecule has 2 aromatic heterocycles. The maximum Gasteiger partial charge on any atom is 0.227 e. The van der Waals surface area contributed by atoms with Gasteiger partial charge in [-0.2, -0.15) is 5.10 Å². The Balaban J connectivity index is 1.58. The van der Waals surface area contributed by atoms with E-state index >= 15 is 0 Å². The van der Waals surface area contributed by atoms with Crippen molar-refractivity contribution >= 4 is 11.6 Å². The fourth-order valence-corrected chi connectivity index (χ4v) is 3.00. The molecule has 0 saturated carbocycles. The van der Waals surface area contributed by atoms with Gasteiger partial charge >= 0.3 is 0 Å². The monoisotopic (exact) mass is 374 g/mol. The third-order valence-corrected chi connectivity index (χ3v) is 4.30. The van der Waals surface area contributed by atoms with Crippen molar-refractivity contribution in [2.45, 2.75) is 20.3 Å². The normalized spacial score (nSPS) is 10.8. The van der Waals surface area contributed by atoms with Gasteiger partial charge in [-0.25, -0.2) is 24.0 Å². The third kappa shape index (κ3) is 3.88. The molecule has 28 heavy (non-hydrogen) atoms. The van der Waals surface area contributed by atoms with Crippen LogP contribution in [-0.4, -0.2) is 24.7 Å². The predicted molar refractivity (Wildman–Crippen MR) is 105 cm³/mol. The second kappa shape index (κ2) is 7.56. The van der Waals surface area contributed by atoms with E-state index in [9.17, 15) is 4.39 Å². The van der Waals surface area contributed by atoms with Crippen molar-refractivity contribution < 1.29 is 4.39 Å². The molecule has 6 nitrogen and oxygen atoms in total. The molecule has 0 amide bonds. The molecular formula is C21H19FN6. The van der Waals surface area contributed by atoms with E-state index in [1.165, 1.54) is 12.4 Å². The minimum absolute atomic E-state index is 0.303. The van der Waals surface area contributed by atoms with Crippen LogP contribution in [0.1, 0.15) is 22.8 Å². The highest BCUT2D eigenvalue weighted by molar-refractivity contribution is 5.57. The summed E-state index contributed by atoms with van der Waals surface area (Å²) in [4.78, 5) is 13.0. The molecular weight excluding hydrogens is 355 g/mol. The van der Waals surface area contributed by atoms with Crippen LogP contribution >= 0.6 is 0 Å². The molecule has 0 spiro atoms. The molecule has 0 atom stereocenters. The number of nitrogens with one attached hydrogen (secondary N) is 1. The minimum Gasteiger partial charge on any atom is -0.322 e. The maximum absolute atomic E-state index is 14.6. The number of benzene rings is 2. The van der Waals surface area contributed by atoms with E-state index in [0.29, 0.717) is 29.6 Å². The van der Waals surface area contributed by atoms with Gasteiger partial charge in [0.15, 0.2) is 0 Å². The molecule has 4 rings (SSSR count). The first-order valence-corrected chi connectivity index (χ1v) is 8.90. The van der Waals surface area contributed by atoms with Crippen LogP contribution in [0.4, 0.5) is 16.0 Å². The number of anilines is 2. The minimum atomic E-state index is -0.415. The lowest BCUT2D eigenvalue weighted by Gasteiger charge is -2.11. The van der Waals surface area contributed by atoms with E-state index in [0.717, 1.165) is 17.0 Å². The molecule has 4 aromatic rings. The molecule has 0 bridgehead atoms. The van der Waals surface area contributed by atoms with Crippen molar-refractivity contribution in [1.82, 2.24) is 24.7 Å². The average molecular weight is 374 g/mol. The average Bonchev–Trinajstić information content (AvgIpc) is 3.10. The van der Waals surface area contributed by atoms with E-state index < -0.39 is 5.82 Å². The van der Waals surface area contributed by atoms with Gasteiger partial charge in [-0.05, 0) is 37.6 Å². The number of aromatic nitrogens is 5. The van der Waals surface area contributed by atoms with E-state index in [2.05, 4.69) is 37.5 Å². The fourth-order valence-electron chi connectivity index (χ4n) is 3.00. The number of hydrogen-bond donors (Lipinski definition) is 1. The molecule has 140 valence electrons. The molecule has 2 heterocycles. The largest absolute Gasteiger partial charge is 0.322 e. The second-order valence-electron chi connectivity index (χ2n) is 6.49. The lowest BCUT2D eigenvalue weighted by molar-refractivity contribution is 0.628. The first kappa shape index (κ1) is 17.8. The Labute approximate surface area is 162 Å². The highest BCUT2D eigenvalue weighted by Crippen LogP contribution is 2.22. The van der Waals surface area contributed by atoms with E-state index in [4.69, 9.17) is 0 Å². The molecule has 1 N–H and O–H groups in total. The number of rotatable bonds is 5. The molecule has 0 saturated heterocycles. The molecule has 0 radical (unpaired) electrons. The Hall–Kier alpha value is -3.61. The van der Waals surface area contributed by atoms with E-state index in [1.807, 2.05) is 38.1 Å². The molecule has 2 aromatic carbocycles. The van der Waals surface area contributed by atoms with Gasteiger partial charge in [0.1, 0.15) is 18.0 Å². The summed E-state index contributed by atoms with van der Waals surface area (Å²) in [5, 5.41) is 7.08. The van der Waals surface area contributed by atoms with Crippen LogP contribution < -0.4 is 5.32 Å². The molecule has 0 aliphatic carbocycles. The lowest BCUT2D eigenvalue weighted by Crippen LogP contribution is -2.05. The van der Waals surface area contributed by atoms with Crippen LogP contribution in [-0.2, 0) is 6.42 Å². The summed E-state index contributed by atoms with van der Waals surface area (Å²) in [6, 6.07) is 16.8. The lowest BCUT2D eigenvalue weighted by atomic mass is 10.1. The van der Waals surface area contributed by atoms with E-state index in [-0.39, 0.29) is 0 Å².